The molecule has 0 heterocycles. The molecule has 1 aromatic carbocycles. The van der Waals surface area contributed by atoms with Gasteiger partial charge in [0.15, 0.2) is 0 Å². The quantitative estimate of drug-likeness (QED) is 0.597. The fraction of sp³-hybridized carbons (Fsp3) is 0.250. The number of rotatable bonds is 5. The van der Waals surface area contributed by atoms with Crippen LogP contribution in [-0.2, 0) is 15.3 Å². The number of hydrogen-bond acceptors (Lipinski definition) is 3. The number of esters is 1. The number of ether oxygens (including phenoxy) is 1. The van der Waals surface area contributed by atoms with Crippen molar-refractivity contribution in [1.29, 1.82) is 0 Å². The van der Waals surface area contributed by atoms with Crippen LogP contribution in [0.25, 0.3) is 0 Å². The summed E-state index contributed by atoms with van der Waals surface area (Å²) in [7, 11) is 1.36. The molecule has 0 fully saturated rings. The second-order valence-corrected chi connectivity index (χ2v) is 4.64. The van der Waals surface area contributed by atoms with Crippen LogP contribution < -0.4 is 0 Å². The van der Waals surface area contributed by atoms with Crippen LogP contribution in [0.1, 0.15) is 5.56 Å². The molecule has 0 saturated heterocycles. The van der Waals surface area contributed by atoms with Gasteiger partial charge in [0.25, 0.3) is 0 Å². The van der Waals surface area contributed by atoms with Gasteiger partial charge in [-0.25, -0.2) is 4.79 Å². The van der Waals surface area contributed by atoms with E-state index in [1.165, 1.54) is 12.7 Å². The molecule has 16 heavy (non-hydrogen) atoms. The van der Waals surface area contributed by atoms with Crippen molar-refractivity contribution < 1.29 is 9.53 Å². The fourth-order valence-corrected chi connectivity index (χ4v) is 2.10. The van der Waals surface area contributed by atoms with Gasteiger partial charge in [-0.05, 0) is 17.7 Å². The molecule has 0 aromatic heterocycles. The lowest BCUT2D eigenvalue weighted by Crippen LogP contribution is -2.05. The number of benzene rings is 1. The van der Waals surface area contributed by atoms with Crippen molar-refractivity contribution in [1.82, 2.24) is 0 Å². The van der Waals surface area contributed by atoms with Gasteiger partial charge in [0.05, 0.1) is 7.11 Å². The summed E-state index contributed by atoms with van der Waals surface area (Å²) in [6, 6.07) is 7.64. The van der Waals surface area contributed by atoms with E-state index in [1.807, 2.05) is 24.3 Å². The Morgan fingerprint density at radius 3 is 2.62 bits per heavy atom. The lowest BCUT2D eigenvalue weighted by Gasteiger charge is -2.03. The molecule has 1 aromatic rings. The lowest BCUT2D eigenvalue weighted by atomic mass is 10.2. The molecule has 0 bridgehead atoms. The van der Waals surface area contributed by atoms with Crippen molar-refractivity contribution in [2.24, 2.45) is 0 Å². The highest BCUT2D eigenvalue weighted by atomic mass is 35.5. The van der Waals surface area contributed by atoms with Gasteiger partial charge in [-0.3, -0.25) is 0 Å². The normalized spacial score (nSPS) is 9.88. The molecule has 0 unspecified atom stereocenters. The summed E-state index contributed by atoms with van der Waals surface area (Å²) >= 11 is 7.39. The highest BCUT2D eigenvalue weighted by Gasteiger charge is 2.06. The molecule has 0 atom stereocenters. The van der Waals surface area contributed by atoms with Gasteiger partial charge in [0, 0.05) is 22.1 Å². The van der Waals surface area contributed by atoms with Crippen molar-refractivity contribution >= 4 is 29.3 Å². The summed E-state index contributed by atoms with van der Waals surface area (Å²) < 4.78 is 4.56. The maximum atomic E-state index is 11.0. The van der Waals surface area contributed by atoms with Crippen LogP contribution in [0.4, 0.5) is 0 Å². The Morgan fingerprint density at radius 2 is 2.06 bits per heavy atom. The molecule has 0 radical (unpaired) electrons. The van der Waals surface area contributed by atoms with Crippen molar-refractivity contribution in [3.8, 4) is 0 Å². The van der Waals surface area contributed by atoms with Gasteiger partial charge in [0.1, 0.15) is 0 Å². The fourth-order valence-electron chi connectivity index (χ4n) is 1.08. The standard InChI is InChI=1S/C12H13ClO2S/c1-9(12(14)15-2)7-16-8-10-3-5-11(13)6-4-10/h3-6H,1,7-8H2,2H3. The molecular formula is C12H13ClO2S. The number of methoxy groups -OCH3 is 1. The molecule has 4 heteroatoms. The maximum absolute atomic E-state index is 11.0. The molecule has 0 aliphatic carbocycles. The average Bonchev–Trinajstić information content (AvgIpc) is 2.30. The Morgan fingerprint density at radius 1 is 1.44 bits per heavy atom. The first-order valence-electron chi connectivity index (χ1n) is 4.71. The molecule has 86 valence electrons. The van der Waals surface area contributed by atoms with Crippen LogP contribution in [0.3, 0.4) is 0 Å². The lowest BCUT2D eigenvalue weighted by molar-refractivity contribution is -0.135. The number of carbonyl (C=O) groups is 1. The maximum Gasteiger partial charge on any atom is 0.333 e. The van der Waals surface area contributed by atoms with Crippen LogP contribution in [0.2, 0.25) is 5.02 Å². The number of halogens is 1. The third kappa shape index (κ3) is 4.29. The van der Waals surface area contributed by atoms with E-state index >= 15 is 0 Å². The number of hydrogen-bond donors (Lipinski definition) is 0. The van der Waals surface area contributed by atoms with E-state index in [4.69, 9.17) is 11.6 Å². The molecule has 0 spiro atoms. The van der Waals surface area contributed by atoms with E-state index in [-0.39, 0.29) is 5.97 Å². The van der Waals surface area contributed by atoms with Crippen molar-refractivity contribution in [2.45, 2.75) is 5.75 Å². The van der Waals surface area contributed by atoms with E-state index in [9.17, 15) is 4.79 Å². The smallest absolute Gasteiger partial charge is 0.333 e. The van der Waals surface area contributed by atoms with Crippen LogP contribution in [0.15, 0.2) is 36.4 Å². The topological polar surface area (TPSA) is 26.3 Å². The summed E-state index contributed by atoms with van der Waals surface area (Å²) in [5.41, 5.74) is 1.66. The summed E-state index contributed by atoms with van der Waals surface area (Å²) in [5, 5.41) is 0.729. The number of thioether (sulfide) groups is 1. The minimum absolute atomic E-state index is 0.344. The van der Waals surface area contributed by atoms with Gasteiger partial charge < -0.3 is 4.74 Å². The Bertz CT molecular complexity index is 373. The minimum atomic E-state index is -0.344. The monoisotopic (exact) mass is 256 g/mol. The Balaban J connectivity index is 2.33. The van der Waals surface area contributed by atoms with Crippen LogP contribution in [-0.4, -0.2) is 18.8 Å². The van der Waals surface area contributed by atoms with Crippen LogP contribution in [0.5, 0.6) is 0 Å². The van der Waals surface area contributed by atoms with E-state index in [1.54, 1.807) is 11.8 Å². The molecule has 0 amide bonds. The van der Waals surface area contributed by atoms with Gasteiger partial charge in [0.2, 0.25) is 0 Å². The molecular weight excluding hydrogens is 244 g/mol. The first-order chi connectivity index (χ1) is 7.63. The van der Waals surface area contributed by atoms with Gasteiger partial charge >= 0.3 is 5.97 Å². The zero-order valence-corrected chi connectivity index (χ0v) is 10.6. The predicted molar refractivity (Wildman–Crippen MR) is 68.8 cm³/mol. The third-order valence-corrected chi connectivity index (χ3v) is 3.27. The largest absolute Gasteiger partial charge is 0.466 e. The molecule has 0 aliphatic heterocycles. The van der Waals surface area contributed by atoms with Crippen molar-refractivity contribution in [2.75, 3.05) is 12.9 Å². The highest BCUT2D eigenvalue weighted by Crippen LogP contribution is 2.17. The zero-order chi connectivity index (χ0) is 12.0. The molecule has 0 aliphatic rings. The Labute approximate surface area is 105 Å². The van der Waals surface area contributed by atoms with E-state index in [0.29, 0.717) is 11.3 Å². The van der Waals surface area contributed by atoms with Crippen molar-refractivity contribution in [3.05, 3.63) is 47.0 Å². The van der Waals surface area contributed by atoms with Gasteiger partial charge in [-0.1, -0.05) is 30.3 Å². The van der Waals surface area contributed by atoms with Crippen molar-refractivity contribution in [3.63, 3.8) is 0 Å². The van der Waals surface area contributed by atoms with E-state index in [0.717, 1.165) is 10.8 Å². The summed E-state index contributed by atoms with van der Waals surface area (Å²) in [6.07, 6.45) is 0. The highest BCUT2D eigenvalue weighted by molar-refractivity contribution is 7.98. The summed E-state index contributed by atoms with van der Waals surface area (Å²) in [6.45, 7) is 3.65. The van der Waals surface area contributed by atoms with Gasteiger partial charge in [-0.2, -0.15) is 11.8 Å². The van der Waals surface area contributed by atoms with Gasteiger partial charge in [-0.15, -0.1) is 0 Å². The summed E-state index contributed by atoms with van der Waals surface area (Å²) in [4.78, 5) is 11.0. The molecule has 0 N–H and O–H groups in total. The predicted octanol–water partition coefficient (Wildman–Crippen LogP) is 3.30. The first-order valence-corrected chi connectivity index (χ1v) is 6.25. The Kier molecular flexibility index (Phi) is 5.43. The van der Waals surface area contributed by atoms with Crippen LogP contribution >= 0.6 is 23.4 Å². The second-order valence-electron chi connectivity index (χ2n) is 3.21. The third-order valence-electron chi connectivity index (χ3n) is 1.93. The van der Waals surface area contributed by atoms with Crippen LogP contribution in [0, 0.1) is 0 Å². The van der Waals surface area contributed by atoms with E-state index < -0.39 is 0 Å². The van der Waals surface area contributed by atoms with E-state index in [2.05, 4.69) is 11.3 Å². The Hall–Kier alpha value is -0.930. The molecule has 1 rings (SSSR count). The second kappa shape index (κ2) is 6.61. The summed E-state index contributed by atoms with van der Waals surface area (Å²) in [5.74, 6) is 1.06. The molecule has 0 saturated carbocycles. The zero-order valence-electron chi connectivity index (χ0n) is 9.03. The average molecular weight is 257 g/mol. The first kappa shape index (κ1) is 13.1. The molecule has 2 nitrogen and oxygen atoms in total. The number of carbonyl (C=O) groups excluding carboxylic acids is 1. The SMILES string of the molecule is C=C(CSCc1ccc(Cl)cc1)C(=O)OC. The minimum Gasteiger partial charge on any atom is -0.466 e.